The topological polar surface area (TPSA) is 82.3 Å². The lowest BCUT2D eigenvalue weighted by Gasteiger charge is -2.38. The number of rotatable bonds is 4. The van der Waals surface area contributed by atoms with Crippen molar-refractivity contribution in [2.45, 2.75) is 69.5 Å². The number of piperidine rings is 1. The summed E-state index contributed by atoms with van der Waals surface area (Å²) in [6, 6.07) is 8.80. The van der Waals surface area contributed by atoms with Crippen LogP contribution in [-0.4, -0.2) is 43.0 Å². The fraction of sp³-hybridized carbons (Fsp3) is 0.500. The molecule has 3 heterocycles. The molecule has 0 radical (unpaired) electrons. The second kappa shape index (κ2) is 9.84. The summed E-state index contributed by atoms with van der Waals surface area (Å²) in [5.74, 6) is -1.94. The van der Waals surface area contributed by atoms with E-state index < -0.39 is 29.2 Å². The van der Waals surface area contributed by atoms with Gasteiger partial charge in [-0.3, -0.25) is 9.59 Å². The highest BCUT2D eigenvalue weighted by Crippen LogP contribution is 2.57. The molecule has 2 saturated heterocycles. The van der Waals surface area contributed by atoms with Crippen molar-refractivity contribution < 1.29 is 14.0 Å². The summed E-state index contributed by atoms with van der Waals surface area (Å²) in [6.45, 7) is 7.92. The molecule has 6 nitrogen and oxygen atoms in total. The number of carbonyl (C=O) groups excluding carboxylic acids is 2. The van der Waals surface area contributed by atoms with Gasteiger partial charge < -0.3 is 21.3 Å². The van der Waals surface area contributed by atoms with Crippen molar-refractivity contribution in [2.24, 2.45) is 5.41 Å². The van der Waals surface area contributed by atoms with Crippen LogP contribution in [0.15, 0.2) is 36.4 Å². The lowest BCUT2D eigenvalue weighted by molar-refractivity contribution is -0.124. The largest absolute Gasteiger partial charge is 0.352 e. The number of fused-ring (bicyclic) bond motifs is 2. The van der Waals surface area contributed by atoms with Gasteiger partial charge in [0.2, 0.25) is 11.8 Å². The van der Waals surface area contributed by atoms with Crippen molar-refractivity contribution in [3.63, 3.8) is 0 Å². The van der Waals surface area contributed by atoms with Crippen LogP contribution in [0.2, 0.25) is 10.0 Å². The van der Waals surface area contributed by atoms with Gasteiger partial charge in [-0.1, -0.05) is 62.2 Å². The minimum Gasteiger partial charge on any atom is -0.352 e. The van der Waals surface area contributed by atoms with Crippen molar-refractivity contribution in [3.05, 3.63) is 63.4 Å². The number of hydrogen-bond donors (Lipinski definition) is 4. The first kappa shape index (κ1) is 26.4. The second-order valence-corrected chi connectivity index (χ2v) is 12.5. The molecule has 198 valence electrons. The number of halogens is 3. The lowest BCUT2D eigenvalue weighted by atomic mass is 9.62. The third kappa shape index (κ3) is 4.65. The zero-order valence-electron chi connectivity index (χ0n) is 21.3. The zero-order chi connectivity index (χ0) is 26.5. The van der Waals surface area contributed by atoms with Crippen LogP contribution >= 0.6 is 23.2 Å². The van der Waals surface area contributed by atoms with Gasteiger partial charge in [0.25, 0.3) is 0 Å². The van der Waals surface area contributed by atoms with E-state index in [4.69, 9.17) is 23.2 Å². The Labute approximate surface area is 227 Å². The maximum atomic E-state index is 15.8. The minimum atomic E-state index is -1.24. The van der Waals surface area contributed by atoms with Crippen LogP contribution in [0.4, 0.5) is 10.1 Å². The Bertz CT molecular complexity index is 1230. The van der Waals surface area contributed by atoms with E-state index in [2.05, 4.69) is 42.0 Å². The first-order valence-electron chi connectivity index (χ1n) is 12.8. The Hall–Kier alpha value is -2.19. The zero-order valence-corrected chi connectivity index (χ0v) is 22.8. The summed E-state index contributed by atoms with van der Waals surface area (Å²) in [5, 5.41) is 13.5. The summed E-state index contributed by atoms with van der Waals surface area (Å²) < 4.78 is 15.8. The van der Waals surface area contributed by atoms with Gasteiger partial charge >= 0.3 is 0 Å². The number of amides is 2. The summed E-state index contributed by atoms with van der Waals surface area (Å²) in [4.78, 5) is 28.0. The van der Waals surface area contributed by atoms with E-state index >= 15 is 4.39 Å². The molecule has 37 heavy (non-hydrogen) atoms. The van der Waals surface area contributed by atoms with E-state index in [9.17, 15) is 9.59 Å². The molecule has 2 amide bonds. The van der Waals surface area contributed by atoms with Gasteiger partial charge in [0.1, 0.15) is 11.2 Å². The monoisotopic (exact) mass is 546 g/mol. The third-order valence-electron chi connectivity index (χ3n) is 7.91. The normalized spacial score (nSPS) is 27.8. The number of nitrogens with one attached hydrogen (secondary N) is 4. The molecule has 2 aromatic carbocycles. The van der Waals surface area contributed by atoms with E-state index in [0.717, 1.165) is 25.9 Å². The molecule has 1 spiro atoms. The van der Waals surface area contributed by atoms with Crippen molar-refractivity contribution >= 4 is 40.7 Å². The maximum absolute atomic E-state index is 15.8. The molecule has 3 aliphatic heterocycles. The van der Waals surface area contributed by atoms with Crippen LogP contribution in [0.1, 0.15) is 57.1 Å². The average molecular weight is 548 g/mol. The summed E-state index contributed by atoms with van der Waals surface area (Å²) in [6.07, 6.45) is 2.21. The van der Waals surface area contributed by atoms with Crippen LogP contribution in [0.5, 0.6) is 0 Å². The molecule has 4 atom stereocenters. The van der Waals surface area contributed by atoms with Gasteiger partial charge in [-0.15, -0.1) is 0 Å². The second-order valence-electron chi connectivity index (χ2n) is 11.6. The highest BCUT2D eigenvalue weighted by Gasteiger charge is 2.66. The Morgan fingerprint density at radius 3 is 2.59 bits per heavy atom. The number of hydrogen-bond acceptors (Lipinski definition) is 4. The number of benzene rings is 2. The van der Waals surface area contributed by atoms with Crippen molar-refractivity contribution in [3.8, 4) is 0 Å². The standard InChI is InChI=1S/C28H33Cl2FN4O2/c1-27(2,3)14-21-28(18-8-7-15(29)13-20(18)34-26(28)37)22(17-5-4-6-19(30)23(17)31)24(35-21)25(36)33-16-9-11-32-12-10-16/h4-8,13,16,21-22,24,32,35H,9-12,14H2,1-3H3,(H,33,36)(H,34,37)/t21-,22+,24-,28+/m1/s1. The fourth-order valence-corrected chi connectivity index (χ4v) is 6.76. The molecule has 0 aliphatic carbocycles. The smallest absolute Gasteiger partial charge is 0.238 e. The van der Waals surface area contributed by atoms with Crippen molar-refractivity contribution in [1.29, 1.82) is 0 Å². The summed E-state index contributed by atoms with van der Waals surface area (Å²) in [5.41, 5.74) is 0.127. The highest BCUT2D eigenvalue weighted by atomic mass is 35.5. The molecule has 0 unspecified atom stereocenters. The van der Waals surface area contributed by atoms with Gasteiger partial charge in [-0.2, -0.15) is 0 Å². The molecular formula is C28H33Cl2FN4O2. The Morgan fingerprint density at radius 1 is 1.16 bits per heavy atom. The Balaban J connectivity index is 1.70. The van der Waals surface area contributed by atoms with Crippen LogP contribution in [0.25, 0.3) is 0 Å². The van der Waals surface area contributed by atoms with Crippen LogP contribution in [-0.2, 0) is 15.0 Å². The molecule has 0 saturated carbocycles. The molecule has 2 aromatic rings. The van der Waals surface area contributed by atoms with E-state index in [1.54, 1.807) is 24.3 Å². The molecule has 0 aromatic heterocycles. The molecule has 4 N–H and O–H groups in total. The summed E-state index contributed by atoms with van der Waals surface area (Å²) >= 11 is 12.5. The third-order valence-corrected chi connectivity index (χ3v) is 8.43. The Morgan fingerprint density at radius 2 is 1.89 bits per heavy atom. The number of carbonyl (C=O) groups is 2. The molecule has 0 bridgehead atoms. The van der Waals surface area contributed by atoms with Gasteiger partial charge in [0.05, 0.1) is 11.1 Å². The predicted molar refractivity (Wildman–Crippen MR) is 145 cm³/mol. The van der Waals surface area contributed by atoms with Gasteiger partial charge in [-0.25, -0.2) is 4.39 Å². The van der Waals surface area contributed by atoms with E-state index in [0.29, 0.717) is 22.7 Å². The SMILES string of the molecule is CC(C)(C)C[C@H]1N[C@@H](C(=O)NC2CCNCC2)[C@H](c2cccc(Cl)c2F)[C@@]12C(=O)Nc1cc(Cl)ccc12. The van der Waals surface area contributed by atoms with Crippen LogP contribution < -0.4 is 21.3 Å². The first-order valence-corrected chi connectivity index (χ1v) is 13.6. The van der Waals surface area contributed by atoms with E-state index in [1.165, 1.54) is 6.07 Å². The van der Waals surface area contributed by atoms with Crippen molar-refractivity contribution in [2.75, 3.05) is 18.4 Å². The fourth-order valence-electron chi connectivity index (χ4n) is 6.41. The quantitative estimate of drug-likeness (QED) is 0.446. The molecule has 3 aliphatic rings. The highest BCUT2D eigenvalue weighted by molar-refractivity contribution is 6.31. The number of anilines is 1. The lowest BCUT2D eigenvalue weighted by Crippen LogP contribution is -2.51. The van der Waals surface area contributed by atoms with Crippen LogP contribution in [0, 0.1) is 11.2 Å². The molecule has 5 rings (SSSR count). The van der Waals surface area contributed by atoms with Gasteiger partial charge in [0, 0.05) is 28.7 Å². The predicted octanol–water partition coefficient (Wildman–Crippen LogP) is 4.75. The maximum Gasteiger partial charge on any atom is 0.238 e. The molecular weight excluding hydrogens is 514 g/mol. The van der Waals surface area contributed by atoms with E-state index in [1.807, 2.05) is 6.07 Å². The van der Waals surface area contributed by atoms with Crippen molar-refractivity contribution in [1.82, 2.24) is 16.0 Å². The summed E-state index contributed by atoms with van der Waals surface area (Å²) in [7, 11) is 0. The Kier molecular flexibility index (Phi) is 7.03. The van der Waals surface area contributed by atoms with Crippen LogP contribution in [0.3, 0.4) is 0 Å². The minimum absolute atomic E-state index is 0.0153. The molecule has 9 heteroatoms. The van der Waals surface area contributed by atoms with Gasteiger partial charge in [0.15, 0.2) is 0 Å². The first-order chi connectivity index (χ1) is 17.5. The van der Waals surface area contributed by atoms with Gasteiger partial charge in [-0.05, 0) is 67.1 Å². The molecule has 2 fully saturated rings. The van der Waals surface area contributed by atoms with E-state index in [-0.39, 0.29) is 33.9 Å². The average Bonchev–Trinajstić information content (AvgIpc) is 3.30.